The fraction of sp³-hybridized carbons (Fsp3) is 0.263. The van der Waals surface area contributed by atoms with Crippen LogP contribution >= 0.6 is 0 Å². The minimum absolute atomic E-state index is 0.152. The van der Waals surface area contributed by atoms with Crippen LogP contribution in [0.1, 0.15) is 35.7 Å². The van der Waals surface area contributed by atoms with Crippen molar-refractivity contribution in [3.8, 4) is 0 Å². The number of pyridine rings is 1. The number of para-hydroxylation sites is 1. The zero-order chi connectivity index (χ0) is 16.8. The van der Waals surface area contributed by atoms with E-state index in [1.54, 1.807) is 30.7 Å². The molecular weight excluding hydrogens is 302 g/mol. The maximum atomic E-state index is 12.4. The molecule has 0 saturated carbocycles. The van der Waals surface area contributed by atoms with Crippen LogP contribution in [0.4, 0.5) is 0 Å². The molecule has 1 aromatic carbocycles. The summed E-state index contributed by atoms with van der Waals surface area (Å²) in [6.45, 7) is 1.91. The summed E-state index contributed by atoms with van der Waals surface area (Å²) < 4.78 is 5.56. The average molecular weight is 321 g/mol. The average Bonchev–Trinajstić information content (AvgIpc) is 2.62. The molecule has 1 atom stereocenters. The van der Waals surface area contributed by atoms with Crippen LogP contribution in [0.25, 0.3) is 11.0 Å². The van der Waals surface area contributed by atoms with Gasteiger partial charge in [0, 0.05) is 24.8 Å². The third kappa shape index (κ3) is 3.93. The van der Waals surface area contributed by atoms with Crippen LogP contribution in [0, 0.1) is 0 Å². The second-order valence-electron chi connectivity index (χ2n) is 5.70. The normalized spacial score (nSPS) is 12.0. The van der Waals surface area contributed by atoms with Gasteiger partial charge in [-0.25, -0.2) is 4.79 Å². The third-order valence-electron chi connectivity index (χ3n) is 3.83. The Morgan fingerprint density at radius 1 is 1.12 bits per heavy atom. The van der Waals surface area contributed by atoms with E-state index in [1.807, 2.05) is 25.3 Å². The van der Waals surface area contributed by atoms with Crippen LogP contribution in [0.15, 0.2) is 55.1 Å². The summed E-state index contributed by atoms with van der Waals surface area (Å²) in [7, 11) is 0. The van der Waals surface area contributed by atoms with Crippen molar-refractivity contribution in [2.75, 3.05) is 0 Å². The number of rotatable bonds is 6. The lowest BCUT2D eigenvalue weighted by Crippen LogP contribution is -2.16. The number of fused-ring (bicyclic) bond motifs is 1. The Labute approximate surface area is 140 Å². The summed E-state index contributed by atoms with van der Waals surface area (Å²) in [6, 6.07) is 9.33. The van der Waals surface area contributed by atoms with Gasteiger partial charge in [0.25, 0.3) is 0 Å². The van der Waals surface area contributed by atoms with Crippen molar-refractivity contribution < 1.29 is 9.53 Å². The molecule has 0 saturated heterocycles. The lowest BCUT2D eigenvalue weighted by molar-refractivity contribution is 0.0323. The van der Waals surface area contributed by atoms with Gasteiger partial charge >= 0.3 is 5.97 Å². The summed E-state index contributed by atoms with van der Waals surface area (Å²) in [5, 5.41) is 0. The zero-order valence-electron chi connectivity index (χ0n) is 13.6. The zero-order valence-corrected chi connectivity index (χ0v) is 13.6. The molecule has 0 radical (unpaired) electrons. The van der Waals surface area contributed by atoms with Gasteiger partial charge in [-0.1, -0.05) is 12.1 Å². The van der Waals surface area contributed by atoms with Gasteiger partial charge in [0.2, 0.25) is 0 Å². The van der Waals surface area contributed by atoms with Gasteiger partial charge < -0.3 is 4.74 Å². The smallest absolute Gasteiger partial charge is 0.340 e. The van der Waals surface area contributed by atoms with E-state index in [0.29, 0.717) is 16.6 Å². The predicted molar refractivity (Wildman–Crippen MR) is 91.6 cm³/mol. The van der Waals surface area contributed by atoms with Gasteiger partial charge in [-0.2, -0.15) is 0 Å². The summed E-state index contributed by atoms with van der Waals surface area (Å²) >= 11 is 0. The first kappa shape index (κ1) is 16.1. The van der Waals surface area contributed by atoms with Gasteiger partial charge in [0.05, 0.1) is 17.2 Å². The molecule has 0 spiro atoms. The van der Waals surface area contributed by atoms with Crippen molar-refractivity contribution in [2.24, 2.45) is 0 Å². The van der Waals surface area contributed by atoms with Crippen molar-refractivity contribution in [2.45, 2.75) is 32.3 Å². The Morgan fingerprint density at radius 2 is 2.00 bits per heavy atom. The largest absolute Gasteiger partial charge is 0.459 e. The predicted octanol–water partition coefficient (Wildman–Crippen LogP) is 3.59. The number of aromatic nitrogens is 3. The fourth-order valence-electron chi connectivity index (χ4n) is 2.60. The second kappa shape index (κ2) is 7.64. The molecule has 2 heterocycles. The lowest BCUT2D eigenvalue weighted by Gasteiger charge is -2.13. The second-order valence-corrected chi connectivity index (χ2v) is 5.70. The standard InChI is InChI=1S/C19H19N3O2/c1-14(5-2-6-15-7-4-10-20-13-15)24-19(23)16-8-3-9-17-18(16)22-12-11-21-17/h3-4,7-14H,2,5-6H2,1H3. The van der Waals surface area contributed by atoms with Gasteiger partial charge in [-0.3, -0.25) is 15.0 Å². The van der Waals surface area contributed by atoms with Crippen molar-refractivity contribution in [1.82, 2.24) is 15.0 Å². The first-order valence-corrected chi connectivity index (χ1v) is 8.03. The van der Waals surface area contributed by atoms with Gasteiger partial charge in [-0.05, 0) is 49.9 Å². The molecule has 0 aliphatic rings. The fourth-order valence-corrected chi connectivity index (χ4v) is 2.60. The van der Waals surface area contributed by atoms with Crippen molar-refractivity contribution in [3.63, 3.8) is 0 Å². The number of aryl methyl sites for hydroxylation is 1. The van der Waals surface area contributed by atoms with E-state index in [-0.39, 0.29) is 12.1 Å². The molecule has 5 nitrogen and oxygen atoms in total. The summed E-state index contributed by atoms with van der Waals surface area (Å²) in [4.78, 5) is 25.0. The van der Waals surface area contributed by atoms with Gasteiger partial charge in [0.15, 0.2) is 0 Å². The Kier molecular flexibility index (Phi) is 5.11. The molecule has 3 rings (SSSR count). The maximum absolute atomic E-state index is 12.4. The van der Waals surface area contributed by atoms with Crippen LogP contribution in [0.2, 0.25) is 0 Å². The highest BCUT2D eigenvalue weighted by molar-refractivity contribution is 6.01. The van der Waals surface area contributed by atoms with E-state index >= 15 is 0 Å². The van der Waals surface area contributed by atoms with E-state index in [0.717, 1.165) is 19.3 Å². The molecular formula is C19H19N3O2. The van der Waals surface area contributed by atoms with E-state index < -0.39 is 0 Å². The number of hydrogen-bond donors (Lipinski definition) is 0. The summed E-state index contributed by atoms with van der Waals surface area (Å²) in [5.74, 6) is -0.352. The highest BCUT2D eigenvalue weighted by Crippen LogP contribution is 2.16. The molecule has 0 fully saturated rings. The Balaban J connectivity index is 1.57. The van der Waals surface area contributed by atoms with Crippen LogP contribution in [-0.2, 0) is 11.2 Å². The van der Waals surface area contributed by atoms with Crippen LogP contribution in [0.3, 0.4) is 0 Å². The molecule has 0 amide bonds. The first-order valence-electron chi connectivity index (χ1n) is 8.03. The van der Waals surface area contributed by atoms with Gasteiger partial charge in [-0.15, -0.1) is 0 Å². The van der Waals surface area contributed by atoms with E-state index in [9.17, 15) is 4.79 Å². The highest BCUT2D eigenvalue weighted by atomic mass is 16.5. The van der Waals surface area contributed by atoms with E-state index in [2.05, 4.69) is 21.0 Å². The number of carbonyl (C=O) groups excluding carboxylic acids is 1. The number of benzene rings is 1. The Morgan fingerprint density at radius 3 is 2.83 bits per heavy atom. The number of carbonyl (C=O) groups is 1. The molecule has 5 heteroatoms. The molecule has 0 bridgehead atoms. The van der Waals surface area contributed by atoms with Gasteiger partial charge in [0.1, 0.15) is 5.52 Å². The van der Waals surface area contributed by atoms with Crippen molar-refractivity contribution in [3.05, 3.63) is 66.2 Å². The number of esters is 1. The number of ether oxygens (including phenoxy) is 1. The molecule has 1 unspecified atom stereocenters. The third-order valence-corrected chi connectivity index (χ3v) is 3.83. The Hall–Kier alpha value is -2.82. The molecule has 2 aromatic heterocycles. The molecule has 0 aliphatic heterocycles. The Bertz CT molecular complexity index is 816. The van der Waals surface area contributed by atoms with Crippen LogP contribution < -0.4 is 0 Å². The molecule has 3 aromatic rings. The molecule has 0 aliphatic carbocycles. The number of nitrogens with zero attached hydrogens (tertiary/aromatic N) is 3. The number of hydrogen-bond acceptors (Lipinski definition) is 5. The summed E-state index contributed by atoms with van der Waals surface area (Å²) in [6.07, 6.45) is 9.34. The summed E-state index contributed by atoms with van der Waals surface area (Å²) in [5.41, 5.74) is 2.92. The van der Waals surface area contributed by atoms with Crippen molar-refractivity contribution in [1.29, 1.82) is 0 Å². The topological polar surface area (TPSA) is 65.0 Å². The highest BCUT2D eigenvalue weighted by Gasteiger charge is 2.15. The van der Waals surface area contributed by atoms with Crippen LogP contribution in [-0.4, -0.2) is 27.0 Å². The molecule has 0 N–H and O–H groups in total. The molecule has 122 valence electrons. The lowest BCUT2D eigenvalue weighted by atomic mass is 10.1. The van der Waals surface area contributed by atoms with E-state index in [4.69, 9.17) is 4.74 Å². The van der Waals surface area contributed by atoms with Crippen LogP contribution in [0.5, 0.6) is 0 Å². The van der Waals surface area contributed by atoms with E-state index in [1.165, 1.54) is 5.56 Å². The van der Waals surface area contributed by atoms with Crippen molar-refractivity contribution >= 4 is 17.0 Å². The monoisotopic (exact) mass is 321 g/mol. The molecule has 24 heavy (non-hydrogen) atoms. The first-order chi connectivity index (χ1) is 11.7. The SMILES string of the molecule is CC(CCCc1cccnc1)OC(=O)c1cccc2nccnc12. The minimum atomic E-state index is -0.352. The minimum Gasteiger partial charge on any atom is -0.459 e. The maximum Gasteiger partial charge on any atom is 0.340 e. The quantitative estimate of drug-likeness (QED) is 0.649.